The van der Waals surface area contributed by atoms with E-state index < -0.39 is 0 Å². The van der Waals surface area contributed by atoms with Gasteiger partial charge in [-0.15, -0.1) is 0 Å². The summed E-state index contributed by atoms with van der Waals surface area (Å²) in [6, 6.07) is 10.7. The Labute approximate surface area is 128 Å². The van der Waals surface area contributed by atoms with Crippen molar-refractivity contribution < 1.29 is 4.39 Å². The summed E-state index contributed by atoms with van der Waals surface area (Å²) in [4.78, 5) is 0. The summed E-state index contributed by atoms with van der Waals surface area (Å²) in [5.41, 5.74) is 2.22. The maximum Gasteiger partial charge on any atom is 0.128 e. The molecule has 0 aliphatic rings. The van der Waals surface area contributed by atoms with Crippen LogP contribution in [0, 0.1) is 5.82 Å². The molecular weight excluding hydrogens is 296 g/mol. The fourth-order valence-electron chi connectivity index (χ4n) is 1.90. The highest BCUT2D eigenvalue weighted by atomic mass is 35.5. The quantitative estimate of drug-likeness (QED) is 0.808. The zero-order valence-electron chi connectivity index (χ0n) is 11.4. The summed E-state index contributed by atoms with van der Waals surface area (Å²) >= 11 is 11.9. The van der Waals surface area contributed by atoms with Gasteiger partial charge in [0.05, 0.1) is 0 Å². The van der Waals surface area contributed by atoms with Crippen molar-refractivity contribution in [3.8, 4) is 11.1 Å². The molecule has 0 unspecified atom stereocenters. The summed E-state index contributed by atoms with van der Waals surface area (Å²) in [5.74, 6) is -0.230. The first-order valence-corrected chi connectivity index (χ1v) is 7.19. The van der Waals surface area contributed by atoms with Crippen LogP contribution in [-0.2, 0) is 6.54 Å². The Kier molecular flexibility index (Phi) is 5.03. The molecule has 0 saturated carbocycles. The van der Waals surface area contributed by atoms with E-state index in [-0.39, 0.29) is 5.82 Å². The zero-order chi connectivity index (χ0) is 14.7. The molecule has 1 N–H and O–H groups in total. The molecule has 0 spiro atoms. The minimum absolute atomic E-state index is 0.230. The summed E-state index contributed by atoms with van der Waals surface area (Å²) in [7, 11) is 0. The van der Waals surface area contributed by atoms with Gasteiger partial charge in [-0.3, -0.25) is 0 Å². The number of halogens is 3. The molecule has 2 aromatic carbocycles. The molecule has 106 valence electrons. The molecule has 0 radical (unpaired) electrons. The maximum absolute atomic E-state index is 14.1. The fraction of sp³-hybridized carbons (Fsp3) is 0.250. The lowest BCUT2D eigenvalue weighted by Crippen LogP contribution is -2.22. The maximum atomic E-state index is 14.1. The zero-order valence-corrected chi connectivity index (χ0v) is 12.9. The van der Waals surface area contributed by atoms with Crippen LogP contribution in [0.5, 0.6) is 0 Å². The van der Waals surface area contributed by atoms with Gasteiger partial charge in [-0.05, 0) is 35.4 Å². The van der Waals surface area contributed by atoms with Crippen molar-refractivity contribution >= 4 is 23.2 Å². The predicted octanol–water partition coefficient (Wildman–Crippen LogP) is 5.30. The largest absolute Gasteiger partial charge is 0.310 e. The Bertz CT molecular complexity index is 591. The number of hydrogen-bond donors (Lipinski definition) is 1. The van der Waals surface area contributed by atoms with Gasteiger partial charge in [0, 0.05) is 28.2 Å². The highest BCUT2D eigenvalue weighted by molar-refractivity contribution is 6.35. The van der Waals surface area contributed by atoms with Crippen LogP contribution in [0.15, 0.2) is 36.4 Å². The second-order valence-corrected chi connectivity index (χ2v) is 5.87. The van der Waals surface area contributed by atoms with E-state index in [2.05, 4.69) is 5.32 Å². The van der Waals surface area contributed by atoms with E-state index in [0.717, 1.165) is 11.1 Å². The Morgan fingerprint density at radius 1 is 1.00 bits per heavy atom. The SMILES string of the molecule is CC(C)NCc1ccc(-c2cc(Cl)cc(Cl)c2)cc1F. The summed E-state index contributed by atoms with van der Waals surface area (Å²) in [6.45, 7) is 4.57. The Balaban J connectivity index is 2.28. The summed E-state index contributed by atoms with van der Waals surface area (Å²) in [5, 5.41) is 4.28. The van der Waals surface area contributed by atoms with Crippen molar-refractivity contribution in [3.05, 3.63) is 57.8 Å². The first kappa shape index (κ1) is 15.3. The smallest absolute Gasteiger partial charge is 0.128 e. The van der Waals surface area contributed by atoms with Crippen molar-refractivity contribution in [1.82, 2.24) is 5.32 Å². The molecule has 0 fully saturated rings. The lowest BCUT2D eigenvalue weighted by Gasteiger charge is -2.10. The van der Waals surface area contributed by atoms with E-state index in [1.807, 2.05) is 19.9 Å². The average Bonchev–Trinajstić information content (AvgIpc) is 2.35. The molecule has 1 nitrogen and oxygen atoms in total. The van der Waals surface area contributed by atoms with Gasteiger partial charge < -0.3 is 5.32 Å². The molecule has 0 bridgehead atoms. The van der Waals surface area contributed by atoms with Gasteiger partial charge in [-0.2, -0.15) is 0 Å². The number of hydrogen-bond acceptors (Lipinski definition) is 1. The van der Waals surface area contributed by atoms with Crippen LogP contribution in [-0.4, -0.2) is 6.04 Å². The molecule has 2 rings (SSSR count). The monoisotopic (exact) mass is 311 g/mol. The molecule has 0 saturated heterocycles. The highest BCUT2D eigenvalue weighted by Gasteiger charge is 2.07. The first-order chi connectivity index (χ1) is 9.45. The van der Waals surface area contributed by atoms with E-state index >= 15 is 0 Å². The van der Waals surface area contributed by atoms with Gasteiger partial charge >= 0.3 is 0 Å². The third kappa shape index (κ3) is 3.95. The van der Waals surface area contributed by atoms with Crippen molar-refractivity contribution in [2.24, 2.45) is 0 Å². The molecule has 0 atom stereocenters. The van der Waals surface area contributed by atoms with Crippen LogP contribution in [0.3, 0.4) is 0 Å². The molecule has 4 heteroatoms. The third-order valence-corrected chi connectivity index (χ3v) is 3.39. The van der Waals surface area contributed by atoms with Crippen molar-refractivity contribution in [2.45, 2.75) is 26.4 Å². The second-order valence-electron chi connectivity index (χ2n) is 5.00. The number of nitrogens with one attached hydrogen (secondary N) is 1. The van der Waals surface area contributed by atoms with Crippen LogP contribution in [0.2, 0.25) is 10.0 Å². The van der Waals surface area contributed by atoms with Crippen LogP contribution in [0.1, 0.15) is 19.4 Å². The lowest BCUT2D eigenvalue weighted by molar-refractivity contribution is 0.553. The molecular formula is C16H16Cl2FN. The van der Waals surface area contributed by atoms with E-state index in [4.69, 9.17) is 23.2 Å². The summed E-state index contributed by atoms with van der Waals surface area (Å²) in [6.07, 6.45) is 0. The summed E-state index contributed by atoms with van der Waals surface area (Å²) < 4.78 is 14.1. The normalized spacial score (nSPS) is 11.1. The molecule has 20 heavy (non-hydrogen) atoms. The van der Waals surface area contributed by atoms with E-state index in [0.29, 0.717) is 28.2 Å². The first-order valence-electron chi connectivity index (χ1n) is 6.44. The molecule has 0 amide bonds. The number of rotatable bonds is 4. The van der Waals surface area contributed by atoms with Crippen LogP contribution in [0.4, 0.5) is 4.39 Å². The highest BCUT2D eigenvalue weighted by Crippen LogP contribution is 2.28. The predicted molar refractivity (Wildman–Crippen MR) is 83.8 cm³/mol. The van der Waals surface area contributed by atoms with Crippen LogP contribution in [0.25, 0.3) is 11.1 Å². The Morgan fingerprint density at radius 3 is 2.20 bits per heavy atom. The van der Waals surface area contributed by atoms with Crippen molar-refractivity contribution in [1.29, 1.82) is 0 Å². The Morgan fingerprint density at radius 2 is 1.65 bits per heavy atom. The van der Waals surface area contributed by atoms with Gasteiger partial charge in [-0.1, -0.05) is 49.2 Å². The van der Waals surface area contributed by atoms with Gasteiger partial charge in [0.2, 0.25) is 0 Å². The van der Waals surface area contributed by atoms with E-state index in [1.54, 1.807) is 24.3 Å². The minimum Gasteiger partial charge on any atom is -0.310 e. The van der Waals surface area contributed by atoms with Crippen LogP contribution < -0.4 is 5.32 Å². The molecule has 0 aliphatic heterocycles. The van der Waals surface area contributed by atoms with Gasteiger partial charge in [0.1, 0.15) is 5.82 Å². The van der Waals surface area contributed by atoms with Gasteiger partial charge in [0.25, 0.3) is 0 Å². The molecule has 0 aromatic heterocycles. The van der Waals surface area contributed by atoms with Crippen LogP contribution >= 0.6 is 23.2 Å². The fourth-order valence-corrected chi connectivity index (χ4v) is 2.43. The topological polar surface area (TPSA) is 12.0 Å². The minimum atomic E-state index is -0.230. The van der Waals surface area contributed by atoms with Crippen molar-refractivity contribution in [3.63, 3.8) is 0 Å². The molecule has 0 heterocycles. The number of benzene rings is 2. The average molecular weight is 312 g/mol. The van der Waals surface area contributed by atoms with Gasteiger partial charge in [0.15, 0.2) is 0 Å². The lowest BCUT2D eigenvalue weighted by atomic mass is 10.0. The second kappa shape index (κ2) is 6.57. The third-order valence-electron chi connectivity index (χ3n) is 2.95. The Hall–Kier alpha value is -1.09. The molecule has 0 aliphatic carbocycles. The molecule has 2 aromatic rings. The van der Waals surface area contributed by atoms with Gasteiger partial charge in [-0.25, -0.2) is 4.39 Å². The van der Waals surface area contributed by atoms with E-state index in [1.165, 1.54) is 6.07 Å². The standard InChI is InChI=1S/C16H16Cl2FN/c1-10(2)20-9-12-4-3-11(7-16(12)19)13-5-14(17)8-15(18)6-13/h3-8,10,20H,9H2,1-2H3. The van der Waals surface area contributed by atoms with E-state index in [9.17, 15) is 4.39 Å². The van der Waals surface area contributed by atoms with Crippen molar-refractivity contribution in [2.75, 3.05) is 0 Å².